The molecule has 5 heteroatoms. The van der Waals surface area contributed by atoms with Gasteiger partial charge in [0.05, 0.1) is 19.8 Å². The molecule has 0 aromatic heterocycles. The molecule has 0 atom stereocenters. The maximum atomic E-state index is 11.2. The Hall–Kier alpha value is -1.26. The van der Waals surface area contributed by atoms with Crippen molar-refractivity contribution in [3.05, 3.63) is 29.3 Å². The van der Waals surface area contributed by atoms with Gasteiger partial charge in [-0.3, -0.25) is 0 Å². The third-order valence-corrected chi connectivity index (χ3v) is 1.93. The van der Waals surface area contributed by atoms with E-state index in [1.54, 1.807) is 18.2 Å². The zero-order chi connectivity index (χ0) is 10.6. The number of halogens is 1. The van der Waals surface area contributed by atoms with Gasteiger partial charge < -0.3 is 15.2 Å². The fraction of sp³-hybridized carbons (Fsp3) is 0.300. The van der Waals surface area contributed by atoms with E-state index in [4.69, 9.17) is 10.5 Å². The summed E-state index contributed by atoms with van der Waals surface area (Å²) in [5, 5.41) is 0. The highest BCUT2D eigenvalue weighted by molar-refractivity contribution is 5.89. The van der Waals surface area contributed by atoms with Crippen LogP contribution >= 0.6 is 12.4 Å². The lowest BCUT2D eigenvalue weighted by Crippen LogP contribution is -2.04. The molecule has 0 aliphatic rings. The fourth-order valence-corrected chi connectivity index (χ4v) is 1.16. The minimum Gasteiger partial charge on any atom is -0.496 e. The summed E-state index contributed by atoms with van der Waals surface area (Å²) in [5.74, 6) is 0.224. The first kappa shape index (κ1) is 13.7. The van der Waals surface area contributed by atoms with Crippen LogP contribution < -0.4 is 10.5 Å². The van der Waals surface area contributed by atoms with E-state index in [2.05, 4.69) is 4.74 Å². The number of ether oxygens (including phenoxy) is 2. The first-order valence-corrected chi connectivity index (χ1v) is 4.18. The predicted molar refractivity (Wildman–Crippen MR) is 59.5 cm³/mol. The summed E-state index contributed by atoms with van der Waals surface area (Å²) in [6.45, 7) is 0.380. The Balaban J connectivity index is 0.00000196. The molecule has 0 unspecified atom stereocenters. The topological polar surface area (TPSA) is 61.5 Å². The van der Waals surface area contributed by atoms with E-state index in [0.717, 1.165) is 5.56 Å². The molecule has 0 aliphatic heterocycles. The number of carbonyl (C=O) groups excluding carboxylic acids is 1. The Morgan fingerprint density at radius 2 is 2.07 bits per heavy atom. The van der Waals surface area contributed by atoms with E-state index in [-0.39, 0.29) is 18.4 Å². The lowest BCUT2D eigenvalue weighted by atomic mass is 10.1. The van der Waals surface area contributed by atoms with Gasteiger partial charge in [-0.15, -0.1) is 12.4 Å². The predicted octanol–water partition coefficient (Wildman–Crippen LogP) is 1.36. The Kier molecular flexibility index (Phi) is 5.74. The van der Waals surface area contributed by atoms with E-state index in [1.807, 2.05) is 0 Å². The van der Waals surface area contributed by atoms with Crippen LogP contribution in [0.25, 0.3) is 0 Å². The Morgan fingerprint density at radius 3 is 2.53 bits per heavy atom. The molecular weight excluding hydrogens is 218 g/mol. The highest BCUT2D eigenvalue weighted by Gasteiger charge is 2.08. The molecule has 0 amide bonds. The number of benzene rings is 1. The van der Waals surface area contributed by atoms with Gasteiger partial charge >= 0.3 is 5.97 Å². The number of esters is 1. The standard InChI is InChI=1S/C10H13NO3.ClH/c1-13-9-5-7(10(12)14-2)3-4-8(9)6-11;/h3-5H,6,11H2,1-2H3;1H. The second-order valence-corrected chi connectivity index (χ2v) is 2.72. The van der Waals surface area contributed by atoms with Crippen molar-refractivity contribution >= 4 is 18.4 Å². The van der Waals surface area contributed by atoms with Crippen LogP contribution in [0.1, 0.15) is 15.9 Å². The van der Waals surface area contributed by atoms with Gasteiger partial charge in [-0.1, -0.05) is 6.07 Å². The van der Waals surface area contributed by atoms with Crippen LogP contribution in [-0.2, 0) is 11.3 Å². The molecule has 0 fully saturated rings. The first-order chi connectivity index (χ1) is 6.72. The highest BCUT2D eigenvalue weighted by Crippen LogP contribution is 2.19. The van der Waals surface area contributed by atoms with Gasteiger partial charge in [0, 0.05) is 12.1 Å². The zero-order valence-corrected chi connectivity index (χ0v) is 9.47. The van der Waals surface area contributed by atoms with Crippen molar-refractivity contribution in [2.75, 3.05) is 14.2 Å². The van der Waals surface area contributed by atoms with Crippen molar-refractivity contribution in [3.63, 3.8) is 0 Å². The Bertz CT molecular complexity index is 341. The third kappa shape index (κ3) is 3.11. The maximum absolute atomic E-state index is 11.2. The van der Waals surface area contributed by atoms with Crippen molar-refractivity contribution in [1.82, 2.24) is 0 Å². The van der Waals surface area contributed by atoms with E-state index >= 15 is 0 Å². The smallest absolute Gasteiger partial charge is 0.337 e. The molecule has 0 radical (unpaired) electrons. The molecule has 1 aromatic carbocycles. The van der Waals surface area contributed by atoms with Gasteiger partial charge in [0.25, 0.3) is 0 Å². The lowest BCUT2D eigenvalue weighted by Gasteiger charge is -2.07. The summed E-state index contributed by atoms with van der Waals surface area (Å²) in [7, 11) is 2.88. The Labute approximate surface area is 94.8 Å². The summed E-state index contributed by atoms with van der Waals surface area (Å²) in [6, 6.07) is 5.04. The summed E-state index contributed by atoms with van der Waals surface area (Å²) in [4.78, 5) is 11.2. The molecule has 0 spiro atoms. The van der Waals surface area contributed by atoms with E-state index in [1.165, 1.54) is 14.2 Å². The van der Waals surface area contributed by atoms with Gasteiger partial charge in [0.15, 0.2) is 0 Å². The van der Waals surface area contributed by atoms with Crippen molar-refractivity contribution in [2.45, 2.75) is 6.54 Å². The third-order valence-electron chi connectivity index (χ3n) is 1.93. The quantitative estimate of drug-likeness (QED) is 0.798. The van der Waals surface area contributed by atoms with Crippen LogP contribution in [0.4, 0.5) is 0 Å². The number of hydrogen-bond donors (Lipinski definition) is 1. The minimum absolute atomic E-state index is 0. The molecule has 0 saturated heterocycles. The molecular formula is C10H14ClNO3. The van der Waals surface area contributed by atoms with Gasteiger partial charge in [0.1, 0.15) is 5.75 Å². The number of carbonyl (C=O) groups is 1. The van der Waals surface area contributed by atoms with Crippen LogP contribution in [0.15, 0.2) is 18.2 Å². The van der Waals surface area contributed by atoms with Gasteiger partial charge in [0.2, 0.25) is 0 Å². The van der Waals surface area contributed by atoms with Crippen molar-refractivity contribution in [1.29, 1.82) is 0 Å². The molecule has 4 nitrogen and oxygen atoms in total. The second kappa shape index (κ2) is 6.27. The average Bonchev–Trinajstić information content (AvgIpc) is 2.26. The summed E-state index contributed by atoms with van der Waals surface area (Å²) in [5.41, 5.74) is 6.81. The van der Waals surface area contributed by atoms with E-state index < -0.39 is 0 Å². The maximum Gasteiger partial charge on any atom is 0.337 e. The van der Waals surface area contributed by atoms with Crippen molar-refractivity contribution in [2.24, 2.45) is 5.73 Å². The fourth-order valence-electron chi connectivity index (χ4n) is 1.16. The van der Waals surface area contributed by atoms with Gasteiger partial charge in [-0.05, 0) is 12.1 Å². The van der Waals surface area contributed by atoms with Gasteiger partial charge in [-0.2, -0.15) is 0 Å². The lowest BCUT2D eigenvalue weighted by molar-refractivity contribution is 0.0600. The zero-order valence-electron chi connectivity index (χ0n) is 8.65. The molecule has 0 aliphatic carbocycles. The molecule has 15 heavy (non-hydrogen) atoms. The average molecular weight is 232 g/mol. The monoisotopic (exact) mass is 231 g/mol. The summed E-state index contributed by atoms with van der Waals surface area (Å²) >= 11 is 0. The van der Waals surface area contributed by atoms with Crippen molar-refractivity contribution in [3.8, 4) is 5.75 Å². The second-order valence-electron chi connectivity index (χ2n) is 2.72. The highest BCUT2D eigenvalue weighted by atomic mass is 35.5. The molecule has 0 saturated carbocycles. The first-order valence-electron chi connectivity index (χ1n) is 4.18. The SMILES string of the molecule is COC(=O)c1ccc(CN)c(OC)c1.Cl. The number of nitrogens with two attached hydrogens (primary N) is 1. The molecule has 0 heterocycles. The molecule has 1 rings (SSSR count). The molecule has 0 bridgehead atoms. The molecule has 84 valence electrons. The molecule has 1 aromatic rings. The van der Waals surface area contributed by atoms with E-state index in [0.29, 0.717) is 17.9 Å². The normalized spacial score (nSPS) is 9.00. The van der Waals surface area contributed by atoms with Crippen LogP contribution in [0.3, 0.4) is 0 Å². The van der Waals surface area contributed by atoms with E-state index in [9.17, 15) is 4.79 Å². The summed E-state index contributed by atoms with van der Waals surface area (Å²) in [6.07, 6.45) is 0. The van der Waals surface area contributed by atoms with Crippen molar-refractivity contribution < 1.29 is 14.3 Å². The number of hydrogen-bond acceptors (Lipinski definition) is 4. The van der Waals surface area contributed by atoms with Crippen LogP contribution in [0.2, 0.25) is 0 Å². The largest absolute Gasteiger partial charge is 0.496 e. The Morgan fingerprint density at radius 1 is 1.40 bits per heavy atom. The van der Waals surface area contributed by atoms with Gasteiger partial charge in [-0.25, -0.2) is 4.79 Å². The molecule has 2 N–H and O–H groups in total. The van der Waals surface area contributed by atoms with Crippen LogP contribution in [0, 0.1) is 0 Å². The van der Waals surface area contributed by atoms with Crippen LogP contribution in [-0.4, -0.2) is 20.2 Å². The number of methoxy groups -OCH3 is 2. The summed E-state index contributed by atoms with van der Waals surface area (Å²) < 4.78 is 9.67. The van der Waals surface area contributed by atoms with Crippen LogP contribution in [0.5, 0.6) is 5.75 Å². The minimum atomic E-state index is -0.383. The number of rotatable bonds is 3.